The highest BCUT2D eigenvalue weighted by Gasteiger charge is 2.27. The number of pyridine rings is 1. The number of hydrogen-bond acceptors (Lipinski definition) is 3. The van der Waals surface area contributed by atoms with Gasteiger partial charge in [0.1, 0.15) is 5.56 Å². The zero-order valence-electron chi connectivity index (χ0n) is 13.7. The second kappa shape index (κ2) is 5.91. The van der Waals surface area contributed by atoms with E-state index in [4.69, 9.17) is 0 Å². The lowest BCUT2D eigenvalue weighted by molar-refractivity contribution is 0.0961. The number of anilines is 1. The SMILES string of the molecule is CNC(=O)c1cccn(C2CCc3c2cccc3N(C)C)c1=O. The first-order valence-electron chi connectivity index (χ1n) is 7.77. The van der Waals surface area contributed by atoms with Gasteiger partial charge in [0.15, 0.2) is 0 Å². The summed E-state index contributed by atoms with van der Waals surface area (Å²) in [5.41, 5.74) is 3.61. The van der Waals surface area contributed by atoms with Gasteiger partial charge in [-0.25, -0.2) is 0 Å². The van der Waals surface area contributed by atoms with Crippen molar-refractivity contribution >= 4 is 11.6 Å². The van der Waals surface area contributed by atoms with Crippen LogP contribution in [0.1, 0.15) is 33.9 Å². The Morgan fingerprint density at radius 2 is 2.04 bits per heavy atom. The van der Waals surface area contributed by atoms with Crippen molar-refractivity contribution < 1.29 is 4.79 Å². The van der Waals surface area contributed by atoms with Gasteiger partial charge in [0.2, 0.25) is 0 Å². The lowest BCUT2D eigenvalue weighted by Gasteiger charge is -2.19. The smallest absolute Gasteiger partial charge is 0.263 e. The second-order valence-electron chi connectivity index (χ2n) is 6.01. The summed E-state index contributed by atoms with van der Waals surface area (Å²) in [6.45, 7) is 0. The van der Waals surface area contributed by atoms with E-state index in [2.05, 4.69) is 22.3 Å². The molecule has 1 unspecified atom stereocenters. The summed E-state index contributed by atoms with van der Waals surface area (Å²) in [6.07, 6.45) is 3.58. The Labute approximate surface area is 135 Å². The van der Waals surface area contributed by atoms with E-state index in [0.29, 0.717) is 0 Å². The van der Waals surface area contributed by atoms with Crippen molar-refractivity contribution in [2.24, 2.45) is 0 Å². The fourth-order valence-electron chi connectivity index (χ4n) is 3.38. The maximum Gasteiger partial charge on any atom is 0.263 e. The Balaban J connectivity index is 2.09. The molecule has 1 amide bonds. The molecule has 1 aromatic heterocycles. The first kappa shape index (κ1) is 15.3. The highest BCUT2D eigenvalue weighted by molar-refractivity contribution is 5.93. The number of fused-ring (bicyclic) bond motifs is 1. The van der Waals surface area contributed by atoms with Gasteiger partial charge in [-0.1, -0.05) is 12.1 Å². The monoisotopic (exact) mass is 311 g/mol. The first-order valence-corrected chi connectivity index (χ1v) is 7.77. The molecule has 1 heterocycles. The fourth-order valence-corrected chi connectivity index (χ4v) is 3.38. The molecular formula is C18H21N3O2. The van der Waals surface area contributed by atoms with Crippen LogP contribution in [0.4, 0.5) is 5.69 Å². The van der Waals surface area contributed by atoms with E-state index < -0.39 is 0 Å². The molecule has 120 valence electrons. The van der Waals surface area contributed by atoms with Crippen LogP contribution in [0.15, 0.2) is 41.3 Å². The minimum absolute atomic E-state index is 0.0120. The molecule has 5 nitrogen and oxygen atoms in total. The van der Waals surface area contributed by atoms with Crippen molar-refractivity contribution in [2.45, 2.75) is 18.9 Å². The van der Waals surface area contributed by atoms with Crippen molar-refractivity contribution in [3.63, 3.8) is 0 Å². The molecule has 1 N–H and O–H groups in total. The van der Waals surface area contributed by atoms with E-state index in [1.165, 1.54) is 23.9 Å². The number of aromatic nitrogens is 1. The molecular weight excluding hydrogens is 290 g/mol. The molecule has 1 aliphatic carbocycles. The highest BCUT2D eigenvalue weighted by Crippen LogP contribution is 2.38. The van der Waals surface area contributed by atoms with E-state index in [9.17, 15) is 9.59 Å². The van der Waals surface area contributed by atoms with Crippen LogP contribution in [-0.2, 0) is 6.42 Å². The van der Waals surface area contributed by atoms with Crippen LogP contribution >= 0.6 is 0 Å². The third-order valence-electron chi connectivity index (χ3n) is 4.48. The quantitative estimate of drug-likeness (QED) is 0.940. The van der Waals surface area contributed by atoms with Crippen LogP contribution in [0.5, 0.6) is 0 Å². The number of rotatable bonds is 3. The molecule has 3 rings (SSSR count). The van der Waals surface area contributed by atoms with Gasteiger partial charge in [0.25, 0.3) is 11.5 Å². The summed E-state index contributed by atoms with van der Waals surface area (Å²) in [6, 6.07) is 9.54. The number of carbonyl (C=O) groups is 1. The van der Waals surface area contributed by atoms with Crippen molar-refractivity contribution in [3.05, 3.63) is 63.6 Å². The van der Waals surface area contributed by atoms with Crippen LogP contribution in [0, 0.1) is 0 Å². The van der Waals surface area contributed by atoms with E-state index in [1.807, 2.05) is 20.2 Å². The van der Waals surface area contributed by atoms with Crippen LogP contribution in [0.2, 0.25) is 0 Å². The molecule has 0 saturated heterocycles. The number of carbonyl (C=O) groups excluding carboxylic acids is 1. The molecule has 0 fully saturated rings. The maximum atomic E-state index is 12.7. The maximum absolute atomic E-state index is 12.7. The molecule has 0 bridgehead atoms. The molecule has 0 saturated carbocycles. The van der Waals surface area contributed by atoms with Crippen molar-refractivity contribution in [1.82, 2.24) is 9.88 Å². The average molecular weight is 311 g/mol. The van der Waals surface area contributed by atoms with Crippen LogP contribution in [-0.4, -0.2) is 31.6 Å². The topological polar surface area (TPSA) is 54.3 Å². The largest absolute Gasteiger partial charge is 0.377 e. The van der Waals surface area contributed by atoms with E-state index >= 15 is 0 Å². The van der Waals surface area contributed by atoms with Gasteiger partial charge in [-0.05, 0) is 42.2 Å². The molecule has 0 aliphatic heterocycles. The fraction of sp³-hybridized carbons (Fsp3) is 0.333. The third kappa shape index (κ3) is 2.52. The molecule has 23 heavy (non-hydrogen) atoms. The number of amides is 1. The van der Waals surface area contributed by atoms with Crippen molar-refractivity contribution in [3.8, 4) is 0 Å². The number of nitrogens with zero attached hydrogens (tertiary/aromatic N) is 2. The number of benzene rings is 1. The normalized spacial score (nSPS) is 16.0. The van der Waals surface area contributed by atoms with Crippen LogP contribution in [0.25, 0.3) is 0 Å². The Kier molecular flexibility index (Phi) is 3.94. The van der Waals surface area contributed by atoms with E-state index in [-0.39, 0.29) is 23.1 Å². The Bertz CT molecular complexity index is 808. The van der Waals surface area contributed by atoms with Gasteiger partial charge in [-0.15, -0.1) is 0 Å². The minimum atomic E-state index is -0.343. The minimum Gasteiger partial charge on any atom is -0.377 e. The molecule has 1 aliphatic rings. The van der Waals surface area contributed by atoms with Crippen LogP contribution in [0.3, 0.4) is 0 Å². The second-order valence-corrected chi connectivity index (χ2v) is 6.01. The van der Waals surface area contributed by atoms with E-state index in [0.717, 1.165) is 12.8 Å². The molecule has 1 atom stereocenters. The zero-order valence-corrected chi connectivity index (χ0v) is 13.7. The lowest BCUT2D eigenvalue weighted by atomic mass is 10.1. The van der Waals surface area contributed by atoms with Gasteiger partial charge in [0.05, 0.1) is 6.04 Å². The summed E-state index contributed by atoms with van der Waals surface area (Å²) in [7, 11) is 5.59. The third-order valence-corrected chi connectivity index (χ3v) is 4.48. The van der Waals surface area contributed by atoms with Gasteiger partial charge < -0.3 is 14.8 Å². The van der Waals surface area contributed by atoms with Gasteiger partial charge in [-0.3, -0.25) is 9.59 Å². The lowest BCUT2D eigenvalue weighted by Crippen LogP contribution is -2.32. The zero-order chi connectivity index (χ0) is 16.6. The Hall–Kier alpha value is -2.56. The summed E-state index contributed by atoms with van der Waals surface area (Å²) in [5, 5.41) is 2.52. The summed E-state index contributed by atoms with van der Waals surface area (Å²) < 4.78 is 1.69. The number of hydrogen-bond donors (Lipinski definition) is 1. The van der Waals surface area contributed by atoms with Gasteiger partial charge in [0, 0.05) is 33.0 Å². The van der Waals surface area contributed by atoms with Gasteiger partial charge in [-0.2, -0.15) is 0 Å². The first-order chi connectivity index (χ1) is 11.0. The average Bonchev–Trinajstić information content (AvgIpc) is 2.98. The molecule has 2 aromatic rings. The number of nitrogens with one attached hydrogen (secondary N) is 1. The van der Waals surface area contributed by atoms with Crippen molar-refractivity contribution in [1.29, 1.82) is 0 Å². The molecule has 1 aromatic carbocycles. The van der Waals surface area contributed by atoms with E-state index in [1.54, 1.807) is 22.9 Å². The standard InChI is InChI=1S/C18H21N3O2/c1-19-17(22)14-7-5-11-21(18(14)23)16-10-9-13-12(16)6-4-8-15(13)20(2)3/h4-8,11,16H,9-10H2,1-3H3,(H,19,22). The molecule has 5 heteroatoms. The van der Waals surface area contributed by atoms with Crippen molar-refractivity contribution in [2.75, 3.05) is 26.0 Å². The summed E-state index contributed by atoms with van der Waals surface area (Å²) in [5.74, 6) is -0.343. The summed E-state index contributed by atoms with van der Waals surface area (Å²) >= 11 is 0. The van der Waals surface area contributed by atoms with Crippen LogP contribution < -0.4 is 15.8 Å². The predicted molar refractivity (Wildman–Crippen MR) is 91.3 cm³/mol. The highest BCUT2D eigenvalue weighted by atomic mass is 16.2. The summed E-state index contributed by atoms with van der Waals surface area (Å²) in [4.78, 5) is 26.6. The van der Waals surface area contributed by atoms with Gasteiger partial charge >= 0.3 is 0 Å². The molecule has 0 spiro atoms. The Morgan fingerprint density at radius 3 is 2.74 bits per heavy atom. The predicted octanol–water partition coefficient (Wildman–Crippen LogP) is 1.81. The Morgan fingerprint density at radius 1 is 1.26 bits per heavy atom. The molecule has 0 radical (unpaired) electrons.